The second-order valence-electron chi connectivity index (χ2n) is 4.72. The van der Waals surface area contributed by atoms with E-state index in [-0.39, 0.29) is 35.4 Å². The first-order valence-corrected chi connectivity index (χ1v) is 7.65. The highest BCUT2D eigenvalue weighted by Gasteiger charge is 2.29. The third-order valence-electron chi connectivity index (χ3n) is 3.45. The number of imide groups is 1. The van der Waals surface area contributed by atoms with Gasteiger partial charge in [-0.25, -0.2) is 0 Å². The van der Waals surface area contributed by atoms with Crippen LogP contribution >= 0.6 is 11.8 Å². The maximum Gasteiger partial charge on any atom is 0.288 e. The van der Waals surface area contributed by atoms with Crippen molar-refractivity contribution in [3.8, 4) is 0 Å². The number of ether oxygens (including phenoxy) is 1. The normalized spacial score (nSPS) is 22.1. The minimum Gasteiger partial charge on any atom is -0.379 e. The van der Waals surface area contributed by atoms with Crippen LogP contribution in [0.1, 0.15) is 6.92 Å². The molecule has 0 aromatic heterocycles. The predicted molar refractivity (Wildman–Crippen MR) is 74.4 cm³/mol. The summed E-state index contributed by atoms with van der Waals surface area (Å²) >= 11 is 1.00. The van der Waals surface area contributed by atoms with E-state index in [1.54, 1.807) is 0 Å². The van der Waals surface area contributed by atoms with Gasteiger partial charge in [0.15, 0.2) is 0 Å². The molecule has 8 heteroatoms. The molecule has 1 atom stereocenters. The van der Waals surface area contributed by atoms with Crippen molar-refractivity contribution in [3.63, 3.8) is 0 Å². The number of carbonyl (C=O) groups is 3. The van der Waals surface area contributed by atoms with Crippen molar-refractivity contribution in [2.75, 3.05) is 45.1 Å². The van der Waals surface area contributed by atoms with E-state index >= 15 is 0 Å². The molecule has 2 aliphatic heterocycles. The van der Waals surface area contributed by atoms with Gasteiger partial charge in [-0.2, -0.15) is 0 Å². The molecule has 20 heavy (non-hydrogen) atoms. The Kier molecular flexibility index (Phi) is 5.38. The maximum absolute atomic E-state index is 12.0. The number of nitrogens with one attached hydrogen (secondary N) is 1. The number of morpholine rings is 1. The molecule has 2 rings (SSSR count). The zero-order chi connectivity index (χ0) is 14.5. The maximum atomic E-state index is 12.0. The van der Waals surface area contributed by atoms with Crippen molar-refractivity contribution in [1.29, 1.82) is 0 Å². The first kappa shape index (κ1) is 15.3. The van der Waals surface area contributed by atoms with Crippen molar-refractivity contribution in [2.24, 2.45) is 0 Å². The van der Waals surface area contributed by atoms with Gasteiger partial charge < -0.3 is 10.1 Å². The molecular formula is C12H19N3O4S. The van der Waals surface area contributed by atoms with E-state index in [0.717, 1.165) is 24.9 Å². The van der Waals surface area contributed by atoms with Crippen LogP contribution in [-0.4, -0.2) is 78.0 Å². The van der Waals surface area contributed by atoms with Crippen LogP contribution in [0.15, 0.2) is 0 Å². The zero-order valence-corrected chi connectivity index (χ0v) is 12.3. The largest absolute Gasteiger partial charge is 0.379 e. The summed E-state index contributed by atoms with van der Waals surface area (Å²) in [5.41, 5.74) is 0. The highest BCUT2D eigenvalue weighted by molar-refractivity contribution is 8.14. The van der Waals surface area contributed by atoms with E-state index in [1.165, 1.54) is 4.90 Å². The molecule has 3 amide bonds. The summed E-state index contributed by atoms with van der Waals surface area (Å²) in [6.07, 6.45) is 0. The lowest BCUT2D eigenvalue weighted by Crippen LogP contribution is -2.50. The second-order valence-corrected chi connectivity index (χ2v) is 5.64. The number of carbonyl (C=O) groups excluding carboxylic acids is 3. The smallest absolute Gasteiger partial charge is 0.288 e. The minimum atomic E-state index is -0.231. The second kappa shape index (κ2) is 7.05. The molecule has 0 bridgehead atoms. The van der Waals surface area contributed by atoms with Crippen LogP contribution in [0.3, 0.4) is 0 Å². The third-order valence-corrected chi connectivity index (χ3v) is 4.31. The molecule has 112 valence electrons. The molecule has 2 fully saturated rings. The lowest BCUT2D eigenvalue weighted by Gasteiger charge is -2.31. The monoisotopic (exact) mass is 301 g/mol. The number of thioether (sulfide) groups is 1. The topological polar surface area (TPSA) is 79.0 Å². The lowest BCUT2D eigenvalue weighted by atomic mass is 10.2. The fourth-order valence-electron chi connectivity index (χ4n) is 2.17. The van der Waals surface area contributed by atoms with Gasteiger partial charge in [0.05, 0.1) is 25.0 Å². The van der Waals surface area contributed by atoms with Crippen molar-refractivity contribution in [1.82, 2.24) is 15.1 Å². The summed E-state index contributed by atoms with van der Waals surface area (Å²) < 4.78 is 5.24. The van der Waals surface area contributed by atoms with Crippen molar-refractivity contribution in [2.45, 2.75) is 13.0 Å². The van der Waals surface area contributed by atoms with E-state index in [2.05, 4.69) is 10.2 Å². The Hall–Kier alpha value is -1.12. The molecule has 0 aromatic carbocycles. The Bertz CT molecular complexity index is 382. The molecule has 0 aromatic rings. The van der Waals surface area contributed by atoms with Crippen LogP contribution in [0.2, 0.25) is 0 Å². The van der Waals surface area contributed by atoms with Gasteiger partial charge in [-0.3, -0.25) is 24.2 Å². The first-order valence-electron chi connectivity index (χ1n) is 6.66. The molecule has 2 heterocycles. The Morgan fingerprint density at radius 2 is 2.10 bits per heavy atom. The van der Waals surface area contributed by atoms with Gasteiger partial charge >= 0.3 is 0 Å². The summed E-state index contributed by atoms with van der Waals surface area (Å²) in [6, 6.07) is -0.224. The number of hydrogen-bond acceptors (Lipinski definition) is 6. The fourth-order valence-corrected chi connectivity index (χ4v) is 2.92. The quantitative estimate of drug-likeness (QED) is 0.739. The SMILES string of the molecule is C[C@@H](C(=O)NCCN1C(=O)CSC1=O)N1CCOCC1. The van der Waals surface area contributed by atoms with E-state index in [1.807, 2.05) is 6.92 Å². The van der Waals surface area contributed by atoms with Crippen LogP contribution in [-0.2, 0) is 14.3 Å². The van der Waals surface area contributed by atoms with Crippen LogP contribution in [0.4, 0.5) is 4.79 Å². The fraction of sp³-hybridized carbons (Fsp3) is 0.750. The van der Waals surface area contributed by atoms with Gasteiger partial charge in [0, 0.05) is 26.2 Å². The highest BCUT2D eigenvalue weighted by Crippen LogP contribution is 2.17. The molecule has 7 nitrogen and oxygen atoms in total. The van der Waals surface area contributed by atoms with Gasteiger partial charge in [-0.15, -0.1) is 0 Å². The first-order chi connectivity index (χ1) is 9.59. The molecule has 0 saturated carbocycles. The molecule has 0 aliphatic carbocycles. The van der Waals surface area contributed by atoms with Gasteiger partial charge in [-0.1, -0.05) is 11.8 Å². The van der Waals surface area contributed by atoms with E-state index in [9.17, 15) is 14.4 Å². The number of nitrogens with zero attached hydrogens (tertiary/aromatic N) is 2. The molecule has 2 aliphatic rings. The van der Waals surface area contributed by atoms with Gasteiger partial charge in [0.1, 0.15) is 0 Å². The zero-order valence-electron chi connectivity index (χ0n) is 11.5. The predicted octanol–water partition coefficient (Wildman–Crippen LogP) is -0.481. The van der Waals surface area contributed by atoms with E-state index < -0.39 is 0 Å². The van der Waals surface area contributed by atoms with Crippen LogP contribution < -0.4 is 5.32 Å². The van der Waals surface area contributed by atoms with Crippen LogP contribution in [0, 0.1) is 0 Å². The van der Waals surface area contributed by atoms with Gasteiger partial charge in [0.25, 0.3) is 5.24 Å². The minimum absolute atomic E-state index is 0.0846. The third kappa shape index (κ3) is 3.71. The summed E-state index contributed by atoms with van der Waals surface area (Å²) in [6.45, 7) is 5.17. The molecule has 0 radical (unpaired) electrons. The summed E-state index contributed by atoms with van der Waals surface area (Å²) in [5.74, 6) is -0.0640. The van der Waals surface area contributed by atoms with Crippen LogP contribution in [0.5, 0.6) is 0 Å². The summed E-state index contributed by atoms with van der Waals surface area (Å²) in [4.78, 5) is 38.0. The summed E-state index contributed by atoms with van der Waals surface area (Å²) in [7, 11) is 0. The number of amides is 3. The average molecular weight is 301 g/mol. The number of hydrogen-bond donors (Lipinski definition) is 1. The van der Waals surface area contributed by atoms with Crippen molar-refractivity contribution in [3.05, 3.63) is 0 Å². The number of rotatable bonds is 5. The Morgan fingerprint density at radius 3 is 2.70 bits per heavy atom. The van der Waals surface area contributed by atoms with Crippen molar-refractivity contribution < 1.29 is 19.1 Å². The average Bonchev–Trinajstić information content (AvgIpc) is 2.79. The highest BCUT2D eigenvalue weighted by atomic mass is 32.2. The van der Waals surface area contributed by atoms with Crippen LogP contribution in [0.25, 0.3) is 0 Å². The van der Waals surface area contributed by atoms with Gasteiger partial charge in [0.2, 0.25) is 11.8 Å². The standard InChI is InChI=1S/C12H19N3O4S/c1-9(14-4-6-19-7-5-14)11(17)13-2-3-15-10(16)8-20-12(15)18/h9H,2-8H2,1H3,(H,13,17)/t9-/m0/s1. The Balaban J connectivity index is 1.71. The molecule has 0 unspecified atom stereocenters. The molecule has 2 saturated heterocycles. The summed E-state index contributed by atoms with van der Waals surface area (Å²) in [5, 5.41) is 2.54. The Morgan fingerprint density at radius 1 is 1.40 bits per heavy atom. The molecular weight excluding hydrogens is 282 g/mol. The molecule has 0 spiro atoms. The van der Waals surface area contributed by atoms with Crippen molar-refractivity contribution >= 4 is 28.8 Å². The Labute approximate surface area is 122 Å². The van der Waals surface area contributed by atoms with Gasteiger partial charge in [-0.05, 0) is 6.92 Å². The lowest BCUT2D eigenvalue weighted by molar-refractivity contribution is -0.128. The molecule has 1 N–H and O–H groups in total. The van der Waals surface area contributed by atoms with E-state index in [4.69, 9.17) is 4.74 Å². The van der Waals surface area contributed by atoms with E-state index in [0.29, 0.717) is 19.8 Å².